The van der Waals surface area contributed by atoms with Crippen molar-refractivity contribution in [2.24, 2.45) is 0 Å². The van der Waals surface area contributed by atoms with Gasteiger partial charge in [-0.15, -0.1) is 0 Å². The van der Waals surface area contributed by atoms with Crippen molar-refractivity contribution in [3.05, 3.63) is 0 Å². The molecule has 2 aliphatic heterocycles. The van der Waals surface area contributed by atoms with E-state index in [2.05, 4.69) is 45.3 Å². The van der Waals surface area contributed by atoms with Gasteiger partial charge in [0.05, 0.1) is 25.4 Å². The molecule has 0 spiro atoms. The molecule has 0 aliphatic carbocycles. The summed E-state index contributed by atoms with van der Waals surface area (Å²) in [6.45, 7) is 18.2. The van der Waals surface area contributed by atoms with E-state index in [0.717, 1.165) is 70.6 Å². The monoisotopic (exact) mass is 829 g/mol. The summed E-state index contributed by atoms with van der Waals surface area (Å²) in [6.07, 6.45) is 19.0. The van der Waals surface area contributed by atoms with Crippen LogP contribution in [-0.2, 0) is 42.7 Å². The number of carbonyl (C=O) groups is 2. The Morgan fingerprint density at radius 3 is 1.64 bits per heavy atom. The molecule has 2 amide bonds. The van der Waals surface area contributed by atoms with Crippen LogP contribution < -0.4 is 10.6 Å². The van der Waals surface area contributed by atoms with E-state index in [1.54, 1.807) is 0 Å². The minimum Gasteiger partial charge on any atom is -0.450 e. The van der Waals surface area contributed by atoms with Crippen molar-refractivity contribution in [1.82, 2.24) is 10.6 Å². The molecule has 342 valence electrons. The lowest BCUT2D eigenvalue weighted by Gasteiger charge is -2.46. The summed E-state index contributed by atoms with van der Waals surface area (Å²) in [4.78, 5) is 25.4. The van der Waals surface area contributed by atoms with E-state index in [9.17, 15) is 9.59 Å². The number of hydrogen-bond donors (Lipinski definition) is 2. The van der Waals surface area contributed by atoms with Crippen LogP contribution in [0.15, 0.2) is 0 Å². The van der Waals surface area contributed by atoms with Gasteiger partial charge in [0.1, 0.15) is 30.5 Å². The number of hydrogen-bond acceptors (Lipinski definition) is 10. The van der Waals surface area contributed by atoms with Gasteiger partial charge in [-0.05, 0) is 46.0 Å². The lowest BCUT2D eigenvalue weighted by molar-refractivity contribution is -0.319. The Hall–Kier alpha value is -1.54. The highest BCUT2D eigenvalue weighted by Crippen LogP contribution is 2.35. The Labute approximate surface area is 353 Å². The molecular formula is C46H88N2O10. The van der Waals surface area contributed by atoms with E-state index in [0.29, 0.717) is 26.4 Å². The molecule has 0 aromatic rings. The predicted molar refractivity (Wildman–Crippen MR) is 230 cm³/mol. The standard InChI is InChI=1S/C46H88N2O10/c1-9-14-19-20-21-22-23-24-25-26-27-28-29-38-40(58-46(7,8)57-38)37(48-45(50)54-33-18-13-5)35-55-44-43(53-32-17-12-4)42(52-31-16-11-3)41(51-30-15-10-2)39(56-44)34-47-36(6)49/h37-44H,9-35H2,1-8H3,(H,47,49)(H,48,50)/t37-,38+,39?,40-,41?,42?,43?,44?/m0/s1. The van der Waals surface area contributed by atoms with Gasteiger partial charge in [0.25, 0.3) is 0 Å². The van der Waals surface area contributed by atoms with Gasteiger partial charge >= 0.3 is 6.09 Å². The Kier molecular flexibility index (Phi) is 29.2. The van der Waals surface area contributed by atoms with Crippen molar-refractivity contribution in [3.8, 4) is 0 Å². The first kappa shape index (κ1) is 52.6. The van der Waals surface area contributed by atoms with Gasteiger partial charge in [0.15, 0.2) is 12.1 Å². The zero-order valence-electron chi connectivity index (χ0n) is 38.3. The van der Waals surface area contributed by atoms with Crippen LogP contribution in [0.2, 0.25) is 0 Å². The summed E-state index contributed by atoms with van der Waals surface area (Å²) in [5.74, 6) is -1.000. The van der Waals surface area contributed by atoms with Crippen molar-refractivity contribution in [1.29, 1.82) is 0 Å². The highest BCUT2D eigenvalue weighted by atomic mass is 16.8. The van der Waals surface area contributed by atoms with E-state index >= 15 is 0 Å². The lowest BCUT2D eigenvalue weighted by atomic mass is 9.97. The number of unbranched alkanes of at least 4 members (excludes halogenated alkanes) is 15. The summed E-state index contributed by atoms with van der Waals surface area (Å²) in [6, 6.07) is -0.607. The maximum Gasteiger partial charge on any atom is 0.407 e. The second-order valence-electron chi connectivity index (χ2n) is 16.9. The van der Waals surface area contributed by atoms with Crippen LogP contribution in [-0.4, -0.2) is 106 Å². The minimum absolute atomic E-state index is 0.0517. The Morgan fingerprint density at radius 2 is 1.09 bits per heavy atom. The quantitative estimate of drug-likeness (QED) is 0.0595. The third kappa shape index (κ3) is 21.8. The van der Waals surface area contributed by atoms with Crippen molar-refractivity contribution in [2.45, 2.75) is 245 Å². The molecule has 0 bridgehead atoms. The summed E-state index contributed by atoms with van der Waals surface area (Å²) < 4.78 is 51.7. The van der Waals surface area contributed by atoms with Gasteiger partial charge in [-0.1, -0.05) is 137 Å². The number of amides is 2. The fraction of sp³-hybridized carbons (Fsp3) is 0.957. The van der Waals surface area contributed by atoms with E-state index < -0.39 is 54.7 Å². The normalized spacial score (nSPS) is 24.8. The molecule has 2 saturated heterocycles. The molecule has 2 heterocycles. The predicted octanol–water partition coefficient (Wildman–Crippen LogP) is 9.93. The Balaban J connectivity index is 2.26. The SMILES string of the molecule is CCCCCCCCCCCCCC[C@H]1OC(C)(C)O[C@H]1[C@H](COC1OC(CNC(C)=O)C(OCCCC)C(OCCCC)C1OCCCC)NC(=O)OCCCC. The lowest BCUT2D eigenvalue weighted by Crippen LogP contribution is -2.63. The number of nitrogens with one attached hydrogen (secondary N) is 2. The molecule has 2 rings (SSSR count). The minimum atomic E-state index is -0.876. The molecule has 12 nitrogen and oxygen atoms in total. The van der Waals surface area contributed by atoms with Crippen molar-refractivity contribution in [3.63, 3.8) is 0 Å². The topological polar surface area (TPSA) is 132 Å². The molecule has 0 aromatic carbocycles. The van der Waals surface area contributed by atoms with Gasteiger partial charge in [0, 0.05) is 33.3 Å². The average Bonchev–Trinajstić information content (AvgIpc) is 3.51. The average molecular weight is 829 g/mol. The van der Waals surface area contributed by atoms with Crippen LogP contribution >= 0.6 is 0 Å². The molecule has 8 atom stereocenters. The molecule has 0 saturated carbocycles. The van der Waals surface area contributed by atoms with Crippen molar-refractivity contribution < 1.29 is 47.5 Å². The third-order valence-electron chi connectivity index (χ3n) is 11.0. The summed E-state index contributed by atoms with van der Waals surface area (Å²) in [5, 5.41) is 6.02. The molecule has 0 aromatic heterocycles. The molecule has 2 fully saturated rings. The third-order valence-corrected chi connectivity index (χ3v) is 11.0. The second-order valence-corrected chi connectivity index (χ2v) is 16.9. The first-order valence-electron chi connectivity index (χ1n) is 23.8. The molecule has 58 heavy (non-hydrogen) atoms. The van der Waals surface area contributed by atoms with Crippen molar-refractivity contribution in [2.75, 3.05) is 39.6 Å². The first-order valence-corrected chi connectivity index (χ1v) is 23.8. The molecule has 12 heteroatoms. The summed E-state index contributed by atoms with van der Waals surface area (Å²) in [5.41, 5.74) is 0. The highest BCUT2D eigenvalue weighted by Gasteiger charge is 2.50. The highest BCUT2D eigenvalue weighted by molar-refractivity contribution is 5.72. The zero-order chi connectivity index (χ0) is 42.4. The molecule has 5 unspecified atom stereocenters. The number of rotatable bonds is 35. The zero-order valence-corrected chi connectivity index (χ0v) is 38.3. The summed E-state index contributed by atoms with van der Waals surface area (Å²) >= 11 is 0. The fourth-order valence-corrected chi connectivity index (χ4v) is 7.61. The van der Waals surface area contributed by atoms with Gasteiger partial charge < -0.3 is 48.5 Å². The van der Waals surface area contributed by atoms with Gasteiger partial charge in [-0.3, -0.25) is 4.79 Å². The first-order chi connectivity index (χ1) is 28.1. The van der Waals surface area contributed by atoms with E-state index in [1.165, 1.54) is 71.1 Å². The van der Waals surface area contributed by atoms with E-state index in [4.69, 9.17) is 37.9 Å². The molecule has 2 aliphatic rings. The van der Waals surface area contributed by atoms with Crippen LogP contribution in [0.4, 0.5) is 4.79 Å². The van der Waals surface area contributed by atoms with Gasteiger partial charge in [0.2, 0.25) is 5.91 Å². The van der Waals surface area contributed by atoms with Crippen LogP contribution in [0.5, 0.6) is 0 Å². The second kappa shape index (κ2) is 32.2. The van der Waals surface area contributed by atoms with E-state index in [1.807, 2.05) is 13.8 Å². The Bertz CT molecular complexity index is 1030. The van der Waals surface area contributed by atoms with Crippen LogP contribution in [0.25, 0.3) is 0 Å². The van der Waals surface area contributed by atoms with Gasteiger partial charge in [-0.2, -0.15) is 0 Å². The Morgan fingerprint density at radius 1 is 0.586 bits per heavy atom. The maximum atomic E-state index is 13.3. The van der Waals surface area contributed by atoms with Crippen molar-refractivity contribution >= 4 is 12.0 Å². The number of carbonyl (C=O) groups excluding carboxylic acids is 2. The van der Waals surface area contributed by atoms with E-state index in [-0.39, 0.29) is 25.2 Å². The summed E-state index contributed by atoms with van der Waals surface area (Å²) in [7, 11) is 0. The number of ether oxygens (including phenoxy) is 8. The maximum absolute atomic E-state index is 13.3. The molecule has 2 N–H and O–H groups in total. The largest absolute Gasteiger partial charge is 0.450 e. The van der Waals surface area contributed by atoms with Gasteiger partial charge in [-0.25, -0.2) is 4.79 Å². The van der Waals surface area contributed by atoms with Crippen LogP contribution in [0.1, 0.15) is 190 Å². The number of alkyl carbamates (subject to hydrolysis) is 1. The fourth-order valence-electron chi connectivity index (χ4n) is 7.61. The smallest absolute Gasteiger partial charge is 0.407 e. The van der Waals surface area contributed by atoms with Crippen LogP contribution in [0.3, 0.4) is 0 Å². The molecular weight excluding hydrogens is 741 g/mol. The van der Waals surface area contributed by atoms with Crippen LogP contribution in [0, 0.1) is 0 Å². The molecule has 0 radical (unpaired) electrons.